The molecule has 0 rings (SSSR count). The largest absolute Gasteiger partial charge is 0.472 e. The second-order valence-electron chi connectivity index (χ2n) is 20.3. The lowest BCUT2D eigenvalue weighted by atomic mass is 10.0. The molecule has 0 aromatic carbocycles. The molecule has 0 fully saturated rings. The summed E-state index contributed by atoms with van der Waals surface area (Å²) in [5.74, 6) is -0.303. The number of rotatable bonds is 53. The summed E-state index contributed by atoms with van der Waals surface area (Å²) in [6, 6.07) is 0. The quantitative estimate of drug-likeness (QED) is 0.0281. The van der Waals surface area contributed by atoms with Gasteiger partial charge in [0.1, 0.15) is 19.3 Å². The number of hydrogen-bond donors (Lipinski definition) is 1. The first-order chi connectivity index (χ1) is 30.6. The van der Waals surface area contributed by atoms with Crippen molar-refractivity contribution in [3.05, 3.63) is 0 Å². The Hall–Kier alpha value is -0.500. The Morgan fingerprint density at radius 1 is 0.429 bits per heavy atom. The molecule has 0 radical (unpaired) electrons. The highest BCUT2D eigenvalue weighted by molar-refractivity contribution is 7.47. The first kappa shape index (κ1) is 62.5. The number of carbonyl (C=O) groups is 1. The van der Waals surface area contributed by atoms with E-state index in [4.69, 9.17) is 18.5 Å². The Morgan fingerprint density at radius 3 is 1.05 bits per heavy atom. The zero-order valence-electron chi connectivity index (χ0n) is 43.1. The SMILES string of the molecule is CCCCCCCCCCCCCCCCCCCCCCCOCC(COP(=O)(O)OCC[N+](C)(C)C)OC(=O)CCCCCCCCCCCCCCCCCCCCCC. The predicted molar refractivity (Wildman–Crippen MR) is 271 cm³/mol. The average Bonchev–Trinajstić information content (AvgIpc) is 3.24. The Kier molecular flexibility index (Phi) is 47.6. The first-order valence-electron chi connectivity index (χ1n) is 27.8. The van der Waals surface area contributed by atoms with E-state index in [1.807, 2.05) is 21.1 Å². The topological polar surface area (TPSA) is 91.3 Å². The number of nitrogens with zero attached hydrogens (tertiary/aromatic N) is 1. The smallest absolute Gasteiger partial charge is 0.457 e. The van der Waals surface area contributed by atoms with Crippen LogP contribution in [-0.4, -0.2) is 75.6 Å². The number of unbranched alkanes of at least 4 members (excludes halogenated alkanes) is 39. The number of phosphoric ester groups is 1. The summed E-state index contributed by atoms with van der Waals surface area (Å²) in [6.07, 6.45) is 54.4. The highest BCUT2D eigenvalue weighted by Gasteiger charge is 2.26. The van der Waals surface area contributed by atoms with Crippen molar-refractivity contribution >= 4 is 13.8 Å². The monoisotopic (exact) mass is 917 g/mol. The second kappa shape index (κ2) is 48.0. The summed E-state index contributed by atoms with van der Waals surface area (Å²) in [5, 5.41) is 0. The molecule has 0 aromatic heterocycles. The van der Waals surface area contributed by atoms with Gasteiger partial charge < -0.3 is 18.9 Å². The molecule has 0 aliphatic heterocycles. The molecule has 378 valence electrons. The van der Waals surface area contributed by atoms with Gasteiger partial charge in [0.2, 0.25) is 0 Å². The van der Waals surface area contributed by atoms with E-state index in [0.717, 1.165) is 32.1 Å². The number of ether oxygens (including phenoxy) is 2. The first-order valence-corrected chi connectivity index (χ1v) is 29.3. The van der Waals surface area contributed by atoms with Crippen molar-refractivity contribution in [1.29, 1.82) is 0 Å². The zero-order valence-corrected chi connectivity index (χ0v) is 44.0. The number of carbonyl (C=O) groups excluding carboxylic acids is 1. The Balaban J connectivity index is 4.04. The molecule has 2 atom stereocenters. The molecule has 0 heterocycles. The molecule has 0 spiro atoms. The molecule has 0 aromatic rings. The van der Waals surface area contributed by atoms with Crippen molar-refractivity contribution in [3.8, 4) is 0 Å². The van der Waals surface area contributed by atoms with Crippen LogP contribution in [0.5, 0.6) is 0 Å². The molecule has 0 aliphatic rings. The van der Waals surface area contributed by atoms with Crippen molar-refractivity contribution in [2.45, 2.75) is 290 Å². The van der Waals surface area contributed by atoms with E-state index in [1.165, 1.54) is 231 Å². The summed E-state index contributed by atoms with van der Waals surface area (Å²) in [4.78, 5) is 23.0. The molecule has 0 aliphatic carbocycles. The van der Waals surface area contributed by atoms with Crippen LogP contribution < -0.4 is 0 Å². The van der Waals surface area contributed by atoms with Gasteiger partial charge in [-0.05, 0) is 12.8 Å². The predicted octanol–water partition coefficient (Wildman–Crippen LogP) is 17.2. The summed E-state index contributed by atoms with van der Waals surface area (Å²) in [5.41, 5.74) is 0. The molecule has 9 heteroatoms. The van der Waals surface area contributed by atoms with Gasteiger partial charge in [0.05, 0.1) is 34.4 Å². The van der Waals surface area contributed by atoms with Gasteiger partial charge in [0, 0.05) is 13.0 Å². The van der Waals surface area contributed by atoms with Gasteiger partial charge in [-0.25, -0.2) is 4.57 Å². The maximum Gasteiger partial charge on any atom is 0.472 e. The Labute approximate surface area is 393 Å². The highest BCUT2D eigenvalue weighted by Crippen LogP contribution is 2.43. The minimum atomic E-state index is -4.27. The van der Waals surface area contributed by atoms with Gasteiger partial charge >= 0.3 is 13.8 Å². The van der Waals surface area contributed by atoms with Crippen LogP contribution in [0.1, 0.15) is 284 Å². The van der Waals surface area contributed by atoms with Gasteiger partial charge in [0.15, 0.2) is 0 Å². The molecular weight excluding hydrogens is 806 g/mol. The van der Waals surface area contributed by atoms with Crippen LogP contribution in [0.25, 0.3) is 0 Å². The van der Waals surface area contributed by atoms with E-state index in [1.54, 1.807) is 0 Å². The van der Waals surface area contributed by atoms with Crippen molar-refractivity contribution in [2.75, 3.05) is 54.1 Å². The highest BCUT2D eigenvalue weighted by atomic mass is 31.2. The molecule has 8 nitrogen and oxygen atoms in total. The van der Waals surface area contributed by atoms with E-state index in [9.17, 15) is 14.3 Å². The van der Waals surface area contributed by atoms with Crippen LogP contribution in [0, 0.1) is 0 Å². The molecular formula is C54H111NO7P+. The fourth-order valence-corrected chi connectivity index (χ4v) is 9.12. The van der Waals surface area contributed by atoms with Crippen LogP contribution in [0.2, 0.25) is 0 Å². The standard InChI is InChI=1S/C54H110NO7P/c1-6-8-10-12-14-16-18-20-22-24-26-28-30-32-34-36-38-40-42-44-46-49-59-51-53(52-61-63(57,58)60-50-48-55(3,4)5)62-54(56)47-45-43-41-39-37-35-33-31-29-27-25-23-21-19-17-15-13-11-9-7-2/h53H,6-52H2,1-5H3/p+1. The van der Waals surface area contributed by atoms with Crippen molar-refractivity contribution < 1.29 is 37.3 Å². The maximum atomic E-state index is 12.8. The summed E-state index contributed by atoms with van der Waals surface area (Å²) < 4.78 is 35.2. The molecule has 0 bridgehead atoms. The minimum absolute atomic E-state index is 0.0944. The molecule has 0 saturated heterocycles. The van der Waals surface area contributed by atoms with E-state index >= 15 is 0 Å². The zero-order chi connectivity index (χ0) is 46.2. The number of esters is 1. The lowest BCUT2D eigenvalue weighted by molar-refractivity contribution is -0.870. The van der Waals surface area contributed by atoms with Gasteiger partial charge in [-0.3, -0.25) is 13.8 Å². The van der Waals surface area contributed by atoms with Gasteiger partial charge in [-0.1, -0.05) is 264 Å². The van der Waals surface area contributed by atoms with Gasteiger partial charge in [0.25, 0.3) is 0 Å². The lowest BCUT2D eigenvalue weighted by Gasteiger charge is -2.24. The molecule has 2 unspecified atom stereocenters. The van der Waals surface area contributed by atoms with E-state index in [-0.39, 0.29) is 25.8 Å². The lowest BCUT2D eigenvalue weighted by Crippen LogP contribution is -2.37. The van der Waals surface area contributed by atoms with Gasteiger partial charge in [-0.15, -0.1) is 0 Å². The third-order valence-corrected chi connectivity index (χ3v) is 13.7. The van der Waals surface area contributed by atoms with E-state index in [2.05, 4.69) is 13.8 Å². The molecule has 0 saturated carbocycles. The van der Waals surface area contributed by atoms with Crippen LogP contribution in [0.15, 0.2) is 0 Å². The number of phosphoric acid groups is 1. The number of hydrogen-bond acceptors (Lipinski definition) is 6. The van der Waals surface area contributed by atoms with Crippen molar-refractivity contribution in [2.24, 2.45) is 0 Å². The van der Waals surface area contributed by atoms with E-state index < -0.39 is 13.9 Å². The summed E-state index contributed by atoms with van der Waals surface area (Å²) >= 11 is 0. The van der Waals surface area contributed by atoms with Crippen LogP contribution >= 0.6 is 7.82 Å². The fraction of sp³-hybridized carbons (Fsp3) is 0.981. The van der Waals surface area contributed by atoms with Gasteiger partial charge in [-0.2, -0.15) is 0 Å². The third-order valence-electron chi connectivity index (χ3n) is 12.7. The summed E-state index contributed by atoms with van der Waals surface area (Å²) in [6.45, 7) is 5.72. The normalized spacial score (nSPS) is 13.4. The minimum Gasteiger partial charge on any atom is -0.457 e. The van der Waals surface area contributed by atoms with Crippen LogP contribution in [0.4, 0.5) is 0 Å². The summed E-state index contributed by atoms with van der Waals surface area (Å²) in [7, 11) is 1.69. The average molecular weight is 917 g/mol. The maximum absolute atomic E-state index is 12.8. The van der Waals surface area contributed by atoms with E-state index in [0.29, 0.717) is 24.1 Å². The third kappa shape index (κ3) is 52.3. The molecule has 63 heavy (non-hydrogen) atoms. The van der Waals surface area contributed by atoms with Crippen molar-refractivity contribution in [3.63, 3.8) is 0 Å². The van der Waals surface area contributed by atoms with Crippen LogP contribution in [0.3, 0.4) is 0 Å². The van der Waals surface area contributed by atoms with Crippen LogP contribution in [-0.2, 0) is 27.9 Å². The second-order valence-corrected chi connectivity index (χ2v) is 21.8. The molecule has 1 N–H and O–H groups in total. The Bertz CT molecular complexity index is 976. The Morgan fingerprint density at radius 2 is 0.730 bits per heavy atom. The number of quaternary nitrogens is 1. The fourth-order valence-electron chi connectivity index (χ4n) is 8.38. The molecule has 0 amide bonds. The van der Waals surface area contributed by atoms with Crippen molar-refractivity contribution in [1.82, 2.24) is 0 Å². The number of likely N-dealkylation sites (N-methyl/N-ethyl adjacent to an activating group) is 1.